The van der Waals surface area contributed by atoms with Crippen LogP contribution in [0, 0.1) is 0 Å². The van der Waals surface area contributed by atoms with Crippen molar-refractivity contribution in [1.29, 1.82) is 0 Å². The molecular formula is C23H23Cl2N3. The molecule has 0 fully saturated rings. The monoisotopic (exact) mass is 411 g/mol. The van der Waals surface area contributed by atoms with Crippen molar-refractivity contribution in [2.45, 2.75) is 38.3 Å². The third kappa shape index (κ3) is 3.06. The van der Waals surface area contributed by atoms with E-state index in [4.69, 9.17) is 28.2 Å². The van der Waals surface area contributed by atoms with E-state index in [1.165, 1.54) is 22.5 Å². The molecule has 28 heavy (non-hydrogen) atoms. The van der Waals surface area contributed by atoms with Crippen LogP contribution in [0.3, 0.4) is 0 Å². The molecule has 1 aliphatic heterocycles. The number of halogens is 2. The van der Waals surface area contributed by atoms with Gasteiger partial charge in [0.15, 0.2) is 0 Å². The van der Waals surface area contributed by atoms with Crippen LogP contribution in [0.15, 0.2) is 42.5 Å². The molecular weight excluding hydrogens is 389 g/mol. The minimum atomic E-state index is 0.534. The molecule has 0 radical (unpaired) electrons. The van der Waals surface area contributed by atoms with E-state index in [0.29, 0.717) is 6.04 Å². The number of imidazole rings is 1. The van der Waals surface area contributed by atoms with Gasteiger partial charge in [-0.1, -0.05) is 47.5 Å². The predicted octanol–water partition coefficient (Wildman–Crippen LogP) is 5.31. The van der Waals surface area contributed by atoms with E-state index in [-0.39, 0.29) is 0 Å². The first-order valence-electron chi connectivity index (χ1n) is 9.91. The summed E-state index contributed by atoms with van der Waals surface area (Å²) in [5, 5.41) is 1.66. The predicted molar refractivity (Wildman–Crippen MR) is 115 cm³/mol. The average Bonchev–Trinajstić information content (AvgIpc) is 3.04. The van der Waals surface area contributed by atoms with E-state index >= 15 is 0 Å². The maximum absolute atomic E-state index is 6.49. The molecule has 0 spiro atoms. The molecule has 0 bridgehead atoms. The minimum absolute atomic E-state index is 0.534. The van der Waals surface area contributed by atoms with Gasteiger partial charge >= 0.3 is 0 Å². The molecule has 0 amide bonds. The van der Waals surface area contributed by atoms with Gasteiger partial charge in [0.1, 0.15) is 5.82 Å². The van der Waals surface area contributed by atoms with E-state index in [2.05, 4.69) is 34.7 Å². The lowest BCUT2D eigenvalue weighted by molar-refractivity contribution is 0.161. The molecule has 3 aromatic rings. The Morgan fingerprint density at radius 2 is 1.82 bits per heavy atom. The zero-order chi connectivity index (χ0) is 19.3. The van der Waals surface area contributed by atoms with Crippen LogP contribution in [0.1, 0.15) is 28.9 Å². The smallest absolute Gasteiger partial charge is 0.141 e. The van der Waals surface area contributed by atoms with Crippen LogP contribution in [-0.4, -0.2) is 27.0 Å². The summed E-state index contributed by atoms with van der Waals surface area (Å²) < 4.78 is 2.24. The van der Waals surface area contributed by atoms with Gasteiger partial charge in [0.25, 0.3) is 0 Å². The fourth-order valence-corrected chi connectivity index (χ4v) is 5.21. The Morgan fingerprint density at radius 1 is 1.00 bits per heavy atom. The number of hydrogen-bond donors (Lipinski definition) is 0. The van der Waals surface area contributed by atoms with E-state index in [1.807, 2.05) is 24.3 Å². The Labute approximate surface area is 175 Å². The molecule has 5 rings (SSSR count). The van der Waals surface area contributed by atoms with Crippen molar-refractivity contribution >= 4 is 23.2 Å². The van der Waals surface area contributed by atoms with E-state index in [1.54, 1.807) is 0 Å². The number of nitrogens with zero attached hydrogens (tertiary/aromatic N) is 3. The highest BCUT2D eigenvalue weighted by Crippen LogP contribution is 2.34. The summed E-state index contributed by atoms with van der Waals surface area (Å²) in [5.41, 5.74) is 6.29. The van der Waals surface area contributed by atoms with Gasteiger partial charge in [-0.25, -0.2) is 4.98 Å². The first-order chi connectivity index (χ1) is 13.6. The average molecular weight is 412 g/mol. The summed E-state index contributed by atoms with van der Waals surface area (Å²) in [6.07, 6.45) is 4.27. The second-order valence-electron chi connectivity index (χ2n) is 7.86. The van der Waals surface area contributed by atoms with Gasteiger partial charge in [0, 0.05) is 48.9 Å². The Hall–Kier alpha value is -1.81. The summed E-state index contributed by atoms with van der Waals surface area (Å²) >= 11 is 12.9. The van der Waals surface area contributed by atoms with Crippen molar-refractivity contribution in [2.24, 2.45) is 7.05 Å². The molecule has 0 saturated heterocycles. The summed E-state index contributed by atoms with van der Waals surface area (Å²) in [4.78, 5) is 7.56. The van der Waals surface area contributed by atoms with Crippen LogP contribution < -0.4 is 0 Å². The normalized spacial score (nSPS) is 19.3. The molecule has 144 valence electrons. The van der Waals surface area contributed by atoms with Crippen LogP contribution in [0.4, 0.5) is 0 Å². The van der Waals surface area contributed by atoms with Crippen LogP contribution in [0.2, 0.25) is 10.0 Å². The van der Waals surface area contributed by atoms with Crippen molar-refractivity contribution in [2.75, 3.05) is 6.54 Å². The van der Waals surface area contributed by atoms with E-state index in [9.17, 15) is 0 Å². The van der Waals surface area contributed by atoms with Gasteiger partial charge in [-0.3, -0.25) is 4.90 Å². The molecule has 2 aliphatic rings. The first-order valence-corrected chi connectivity index (χ1v) is 10.7. The summed E-state index contributed by atoms with van der Waals surface area (Å²) in [7, 11) is 2.12. The Morgan fingerprint density at radius 3 is 2.68 bits per heavy atom. The second kappa shape index (κ2) is 7.22. The van der Waals surface area contributed by atoms with Crippen molar-refractivity contribution in [3.8, 4) is 11.4 Å². The lowest BCUT2D eigenvalue weighted by Gasteiger charge is -2.37. The van der Waals surface area contributed by atoms with Crippen LogP contribution in [0.25, 0.3) is 11.4 Å². The summed E-state index contributed by atoms with van der Waals surface area (Å²) in [5.74, 6) is 0.975. The molecule has 1 atom stereocenters. The topological polar surface area (TPSA) is 21.1 Å². The van der Waals surface area contributed by atoms with Crippen LogP contribution in [0.5, 0.6) is 0 Å². The van der Waals surface area contributed by atoms with Gasteiger partial charge in [-0.15, -0.1) is 0 Å². The Bertz CT molecular complexity index is 1040. The fourth-order valence-electron chi connectivity index (χ4n) is 4.74. The van der Waals surface area contributed by atoms with E-state index in [0.717, 1.165) is 60.2 Å². The highest BCUT2D eigenvalue weighted by molar-refractivity contribution is 6.33. The third-order valence-electron chi connectivity index (χ3n) is 6.32. The van der Waals surface area contributed by atoms with Crippen molar-refractivity contribution in [3.63, 3.8) is 0 Å². The molecule has 2 aromatic carbocycles. The first kappa shape index (κ1) is 18.2. The van der Waals surface area contributed by atoms with Gasteiger partial charge in [0.05, 0.1) is 10.7 Å². The molecule has 2 heterocycles. The van der Waals surface area contributed by atoms with Crippen molar-refractivity contribution < 1.29 is 0 Å². The summed E-state index contributed by atoms with van der Waals surface area (Å²) in [6, 6.07) is 14.8. The molecule has 5 heteroatoms. The zero-order valence-corrected chi connectivity index (χ0v) is 17.5. The lowest BCUT2D eigenvalue weighted by atomic mass is 9.91. The maximum Gasteiger partial charge on any atom is 0.141 e. The minimum Gasteiger partial charge on any atom is -0.331 e. The molecule has 3 nitrogen and oxygen atoms in total. The van der Waals surface area contributed by atoms with Crippen molar-refractivity contribution in [3.05, 3.63) is 75.0 Å². The van der Waals surface area contributed by atoms with Gasteiger partial charge in [-0.2, -0.15) is 0 Å². The summed E-state index contributed by atoms with van der Waals surface area (Å²) in [6.45, 7) is 2.05. The molecule has 1 aromatic heterocycles. The number of aryl methyl sites for hydroxylation is 1. The second-order valence-corrected chi connectivity index (χ2v) is 8.68. The SMILES string of the molecule is Cn1c(-c2ccccc2Cl)nc2c1C[C@H](N1CCc3cccc(Cl)c3C1)CC2. The number of aromatic nitrogens is 2. The zero-order valence-electron chi connectivity index (χ0n) is 16.0. The molecule has 0 N–H and O–H groups in total. The van der Waals surface area contributed by atoms with E-state index < -0.39 is 0 Å². The Kier molecular flexibility index (Phi) is 4.70. The highest BCUT2D eigenvalue weighted by atomic mass is 35.5. The van der Waals surface area contributed by atoms with Crippen molar-refractivity contribution in [1.82, 2.24) is 14.5 Å². The Balaban J connectivity index is 1.42. The third-order valence-corrected chi connectivity index (χ3v) is 7.00. The van der Waals surface area contributed by atoms with Gasteiger partial charge in [-0.05, 0) is 48.6 Å². The van der Waals surface area contributed by atoms with Crippen LogP contribution >= 0.6 is 23.2 Å². The molecule has 0 saturated carbocycles. The number of benzene rings is 2. The number of rotatable bonds is 2. The highest BCUT2D eigenvalue weighted by Gasteiger charge is 2.31. The lowest BCUT2D eigenvalue weighted by Crippen LogP contribution is -2.42. The van der Waals surface area contributed by atoms with Gasteiger partial charge in [0.2, 0.25) is 0 Å². The standard InChI is InChI=1S/C23H23Cl2N3/c1-27-22-13-16(28-12-11-15-5-4-8-20(25)18(15)14-28)9-10-21(22)26-23(27)17-6-2-3-7-19(17)24/h2-8,16H,9-14H2,1H3/t16-/m1/s1. The molecule has 0 unspecified atom stereocenters. The van der Waals surface area contributed by atoms with Gasteiger partial charge < -0.3 is 4.57 Å². The fraction of sp³-hybridized carbons (Fsp3) is 0.348. The largest absolute Gasteiger partial charge is 0.331 e. The number of hydrogen-bond acceptors (Lipinski definition) is 2. The number of fused-ring (bicyclic) bond motifs is 2. The van der Waals surface area contributed by atoms with Crippen LogP contribution in [-0.2, 0) is 32.9 Å². The molecule has 1 aliphatic carbocycles. The quantitative estimate of drug-likeness (QED) is 0.569. The maximum atomic E-state index is 6.49.